The van der Waals surface area contributed by atoms with Crippen molar-refractivity contribution in [2.45, 2.75) is 6.92 Å². The molecule has 0 aliphatic rings. The first kappa shape index (κ1) is 12.5. The molecule has 0 radical (unpaired) electrons. The van der Waals surface area contributed by atoms with Gasteiger partial charge in [0, 0.05) is 18.7 Å². The van der Waals surface area contributed by atoms with E-state index in [1.807, 2.05) is 17.9 Å². The van der Waals surface area contributed by atoms with Crippen LogP contribution in [0.5, 0.6) is 0 Å². The van der Waals surface area contributed by atoms with Crippen molar-refractivity contribution in [3.63, 3.8) is 0 Å². The number of nitriles is 1. The molecule has 5 nitrogen and oxygen atoms in total. The summed E-state index contributed by atoms with van der Waals surface area (Å²) >= 11 is 0. The molecular weight excluding hydrogens is 218 g/mol. The van der Waals surface area contributed by atoms with Gasteiger partial charge in [0.15, 0.2) is 0 Å². The Hall–Kier alpha value is -2.53. The third kappa shape index (κ3) is 2.73. The highest BCUT2D eigenvalue weighted by molar-refractivity contribution is 5.63. The van der Waals surface area contributed by atoms with Crippen LogP contribution < -0.4 is 4.90 Å². The van der Waals surface area contributed by atoms with E-state index in [0.717, 1.165) is 0 Å². The summed E-state index contributed by atoms with van der Waals surface area (Å²) in [5, 5.41) is 19.6. The van der Waals surface area contributed by atoms with Gasteiger partial charge in [0.1, 0.15) is 6.07 Å². The van der Waals surface area contributed by atoms with Crippen LogP contribution in [-0.4, -0.2) is 18.0 Å². The van der Waals surface area contributed by atoms with Gasteiger partial charge in [0.2, 0.25) is 0 Å². The third-order valence-corrected chi connectivity index (χ3v) is 2.32. The quantitative estimate of drug-likeness (QED) is 0.449. The van der Waals surface area contributed by atoms with Gasteiger partial charge >= 0.3 is 0 Å². The summed E-state index contributed by atoms with van der Waals surface area (Å²) in [5.74, 6) is 2.49. The Kier molecular flexibility index (Phi) is 4.08. The zero-order valence-electron chi connectivity index (χ0n) is 9.38. The van der Waals surface area contributed by atoms with Gasteiger partial charge in [-0.15, -0.1) is 6.42 Å². The largest absolute Gasteiger partial charge is 0.360 e. The van der Waals surface area contributed by atoms with Gasteiger partial charge in [-0.2, -0.15) is 5.26 Å². The first-order valence-corrected chi connectivity index (χ1v) is 5.01. The van der Waals surface area contributed by atoms with E-state index >= 15 is 0 Å². The molecule has 0 heterocycles. The van der Waals surface area contributed by atoms with Crippen molar-refractivity contribution in [2.75, 3.05) is 18.0 Å². The van der Waals surface area contributed by atoms with Crippen LogP contribution in [0.4, 0.5) is 11.4 Å². The molecule has 0 saturated carbocycles. The van der Waals surface area contributed by atoms with Crippen LogP contribution >= 0.6 is 0 Å². The van der Waals surface area contributed by atoms with Gasteiger partial charge in [-0.05, 0) is 13.0 Å². The van der Waals surface area contributed by atoms with Crippen molar-refractivity contribution in [1.82, 2.24) is 0 Å². The van der Waals surface area contributed by atoms with Gasteiger partial charge in [0.05, 0.1) is 22.7 Å². The SMILES string of the molecule is C#CCN(CC)c1ccc([N+](=O)[O-])cc1C#N. The highest BCUT2D eigenvalue weighted by Crippen LogP contribution is 2.24. The van der Waals surface area contributed by atoms with Crippen LogP contribution in [0.2, 0.25) is 0 Å². The molecule has 0 saturated heterocycles. The van der Waals surface area contributed by atoms with E-state index in [1.165, 1.54) is 12.1 Å². The molecule has 0 bridgehead atoms. The van der Waals surface area contributed by atoms with Crippen molar-refractivity contribution in [3.8, 4) is 18.4 Å². The zero-order valence-corrected chi connectivity index (χ0v) is 9.38. The summed E-state index contributed by atoms with van der Waals surface area (Å²) in [5.41, 5.74) is 0.789. The molecule has 0 atom stereocenters. The van der Waals surface area contributed by atoms with Crippen LogP contribution in [0.15, 0.2) is 18.2 Å². The third-order valence-electron chi connectivity index (χ3n) is 2.32. The number of hydrogen-bond donors (Lipinski definition) is 0. The fourth-order valence-electron chi connectivity index (χ4n) is 1.48. The number of nitro benzene ring substituents is 1. The summed E-state index contributed by atoms with van der Waals surface area (Å²) in [4.78, 5) is 11.9. The number of nitrogens with zero attached hydrogens (tertiary/aromatic N) is 3. The Morgan fingerprint density at radius 2 is 2.29 bits per heavy atom. The molecule has 0 N–H and O–H groups in total. The van der Waals surface area contributed by atoms with Gasteiger partial charge in [-0.3, -0.25) is 10.1 Å². The molecule has 0 amide bonds. The molecule has 0 fully saturated rings. The van der Waals surface area contributed by atoms with Crippen molar-refractivity contribution in [2.24, 2.45) is 0 Å². The molecular formula is C12H11N3O2. The minimum absolute atomic E-state index is 0.0953. The highest BCUT2D eigenvalue weighted by Gasteiger charge is 2.13. The molecule has 0 unspecified atom stereocenters. The molecule has 86 valence electrons. The number of hydrogen-bond acceptors (Lipinski definition) is 4. The predicted molar refractivity (Wildman–Crippen MR) is 64.5 cm³/mol. The molecule has 0 aromatic heterocycles. The maximum atomic E-state index is 10.6. The monoisotopic (exact) mass is 229 g/mol. The zero-order chi connectivity index (χ0) is 12.8. The van der Waals surface area contributed by atoms with Gasteiger partial charge in [0.25, 0.3) is 5.69 Å². The molecule has 1 rings (SSSR count). The Labute approximate surface area is 99.4 Å². The number of non-ortho nitro benzene ring substituents is 1. The summed E-state index contributed by atoms with van der Waals surface area (Å²) in [7, 11) is 0. The molecule has 0 aliphatic carbocycles. The van der Waals surface area contributed by atoms with E-state index in [4.69, 9.17) is 11.7 Å². The smallest absolute Gasteiger partial charge is 0.270 e. The van der Waals surface area contributed by atoms with Crippen molar-refractivity contribution >= 4 is 11.4 Å². The van der Waals surface area contributed by atoms with E-state index in [0.29, 0.717) is 18.8 Å². The van der Waals surface area contributed by atoms with Crippen LogP contribution in [0.25, 0.3) is 0 Å². The van der Waals surface area contributed by atoms with E-state index in [9.17, 15) is 10.1 Å². The van der Waals surface area contributed by atoms with Crippen LogP contribution in [0.1, 0.15) is 12.5 Å². The fraction of sp³-hybridized carbons (Fsp3) is 0.250. The van der Waals surface area contributed by atoms with E-state index in [-0.39, 0.29) is 11.3 Å². The van der Waals surface area contributed by atoms with Gasteiger partial charge < -0.3 is 4.90 Å². The molecule has 0 spiro atoms. The lowest BCUT2D eigenvalue weighted by Gasteiger charge is -2.21. The fourth-order valence-corrected chi connectivity index (χ4v) is 1.48. The lowest BCUT2D eigenvalue weighted by atomic mass is 10.1. The Balaban J connectivity index is 3.22. The Bertz CT molecular complexity index is 511. The summed E-state index contributed by atoms with van der Waals surface area (Å²) in [6, 6.07) is 6.13. The standard InChI is InChI=1S/C12H11N3O2/c1-3-7-14(4-2)12-6-5-11(15(16)17)8-10(12)9-13/h1,5-6,8H,4,7H2,2H3. The average Bonchev–Trinajstić information content (AvgIpc) is 2.35. The second-order valence-corrected chi connectivity index (χ2v) is 3.29. The second-order valence-electron chi connectivity index (χ2n) is 3.29. The normalized spacial score (nSPS) is 9.12. The summed E-state index contributed by atoms with van der Waals surface area (Å²) in [6.45, 7) is 2.90. The maximum Gasteiger partial charge on any atom is 0.270 e. The number of terminal acetylenes is 1. The predicted octanol–water partition coefficient (Wildman–Crippen LogP) is 1.93. The van der Waals surface area contributed by atoms with Crippen LogP contribution in [0.3, 0.4) is 0 Å². The average molecular weight is 229 g/mol. The topological polar surface area (TPSA) is 70.2 Å². The summed E-state index contributed by atoms with van der Waals surface area (Å²) < 4.78 is 0. The Morgan fingerprint density at radius 3 is 2.76 bits per heavy atom. The molecule has 17 heavy (non-hydrogen) atoms. The summed E-state index contributed by atoms with van der Waals surface area (Å²) in [6.07, 6.45) is 5.23. The number of nitro groups is 1. The van der Waals surface area contributed by atoms with Crippen LogP contribution in [-0.2, 0) is 0 Å². The molecule has 5 heteroatoms. The lowest BCUT2D eigenvalue weighted by Crippen LogP contribution is -2.23. The first-order valence-electron chi connectivity index (χ1n) is 5.01. The minimum atomic E-state index is -0.526. The number of anilines is 1. The number of rotatable bonds is 4. The first-order chi connectivity index (χ1) is 8.13. The maximum absolute atomic E-state index is 10.6. The van der Waals surface area contributed by atoms with E-state index in [2.05, 4.69) is 5.92 Å². The Morgan fingerprint density at radius 1 is 1.59 bits per heavy atom. The molecule has 1 aromatic carbocycles. The van der Waals surface area contributed by atoms with E-state index < -0.39 is 4.92 Å². The lowest BCUT2D eigenvalue weighted by molar-refractivity contribution is -0.384. The molecule has 0 aliphatic heterocycles. The minimum Gasteiger partial charge on any atom is -0.360 e. The van der Waals surface area contributed by atoms with Gasteiger partial charge in [-0.25, -0.2) is 0 Å². The van der Waals surface area contributed by atoms with E-state index in [1.54, 1.807) is 6.07 Å². The van der Waals surface area contributed by atoms with Crippen molar-refractivity contribution in [1.29, 1.82) is 5.26 Å². The second kappa shape index (κ2) is 5.53. The van der Waals surface area contributed by atoms with Gasteiger partial charge in [-0.1, -0.05) is 5.92 Å². The molecule has 1 aromatic rings. The highest BCUT2D eigenvalue weighted by atomic mass is 16.6. The van der Waals surface area contributed by atoms with Crippen LogP contribution in [0, 0.1) is 33.8 Å². The number of benzene rings is 1. The van der Waals surface area contributed by atoms with Crippen molar-refractivity contribution in [3.05, 3.63) is 33.9 Å². The van der Waals surface area contributed by atoms with Crippen molar-refractivity contribution < 1.29 is 4.92 Å².